The van der Waals surface area contributed by atoms with Crippen molar-refractivity contribution in [1.82, 2.24) is 15.5 Å². The third kappa shape index (κ3) is 3.26. The Hall–Kier alpha value is -2.47. The van der Waals surface area contributed by atoms with Crippen LogP contribution in [-0.4, -0.2) is 23.2 Å². The SMILES string of the molecule is CNC(=O)c1ccc(Oc2ccc(CN)cc2)nn1. The summed E-state index contributed by atoms with van der Waals surface area (Å²) in [5, 5.41) is 10.1. The highest BCUT2D eigenvalue weighted by Crippen LogP contribution is 2.19. The maximum Gasteiger partial charge on any atom is 0.271 e. The third-order valence-corrected chi connectivity index (χ3v) is 2.48. The molecule has 2 rings (SSSR count). The molecule has 1 amide bonds. The molecule has 1 heterocycles. The lowest BCUT2D eigenvalue weighted by molar-refractivity contribution is 0.0957. The van der Waals surface area contributed by atoms with E-state index < -0.39 is 0 Å². The largest absolute Gasteiger partial charge is 0.438 e. The van der Waals surface area contributed by atoms with Crippen LogP contribution in [0.25, 0.3) is 0 Å². The Morgan fingerprint density at radius 3 is 2.47 bits per heavy atom. The molecule has 0 bridgehead atoms. The van der Waals surface area contributed by atoms with E-state index in [9.17, 15) is 4.79 Å². The van der Waals surface area contributed by atoms with E-state index in [4.69, 9.17) is 10.5 Å². The first-order valence-corrected chi connectivity index (χ1v) is 5.75. The molecule has 0 aliphatic rings. The summed E-state index contributed by atoms with van der Waals surface area (Å²) < 4.78 is 5.50. The molecule has 0 aliphatic heterocycles. The molecule has 2 aromatic rings. The van der Waals surface area contributed by atoms with Gasteiger partial charge in [-0.05, 0) is 23.8 Å². The van der Waals surface area contributed by atoms with E-state index in [1.54, 1.807) is 24.3 Å². The Labute approximate surface area is 110 Å². The second-order valence-electron chi connectivity index (χ2n) is 3.79. The summed E-state index contributed by atoms with van der Waals surface area (Å²) in [4.78, 5) is 11.3. The van der Waals surface area contributed by atoms with Crippen molar-refractivity contribution >= 4 is 5.91 Å². The molecule has 0 atom stereocenters. The van der Waals surface area contributed by atoms with Crippen LogP contribution in [0.5, 0.6) is 11.6 Å². The van der Waals surface area contributed by atoms with Gasteiger partial charge < -0.3 is 15.8 Å². The molecule has 6 nitrogen and oxygen atoms in total. The molecule has 3 N–H and O–H groups in total. The van der Waals surface area contributed by atoms with Gasteiger partial charge in [0.05, 0.1) is 0 Å². The molecule has 98 valence electrons. The van der Waals surface area contributed by atoms with Crippen LogP contribution in [0.1, 0.15) is 16.1 Å². The van der Waals surface area contributed by atoms with Crippen LogP contribution in [0.4, 0.5) is 0 Å². The Morgan fingerprint density at radius 2 is 1.95 bits per heavy atom. The Balaban J connectivity index is 2.08. The lowest BCUT2D eigenvalue weighted by Crippen LogP contribution is -2.19. The number of rotatable bonds is 4. The maximum atomic E-state index is 11.3. The number of aromatic nitrogens is 2. The first-order valence-electron chi connectivity index (χ1n) is 5.75. The van der Waals surface area contributed by atoms with Crippen molar-refractivity contribution < 1.29 is 9.53 Å². The van der Waals surface area contributed by atoms with Gasteiger partial charge in [-0.2, -0.15) is 0 Å². The van der Waals surface area contributed by atoms with E-state index in [1.165, 1.54) is 7.05 Å². The van der Waals surface area contributed by atoms with E-state index in [0.717, 1.165) is 5.56 Å². The molecule has 0 unspecified atom stereocenters. The molecular formula is C13H14N4O2. The number of nitrogens with one attached hydrogen (secondary N) is 1. The minimum Gasteiger partial charge on any atom is -0.438 e. The van der Waals surface area contributed by atoms with Crippen molar-refractivity contribution in [2.45, 2.75) is 6.54 Å². The fourth-order valence-corrected chi connectivity index (χ4v) is 1.44. The van der Waals surface area contributed by atoms with Crippen LogP contribution in [0.15, 0.2) is 36.4 Å². The molecule has 0 spiro atoms. The minimum atomic E-state index is -0.286. The Bertz CT molecular complexity index is 552. The van der Waals surface area contributed by atoms with E-state index in [0.29, 0.717) is 18.2 Å². The van der Waals surface area contributed by atoms with Crippen LogP contribution in [0, 0.1) is 0 Å². The van der Waals surface area contributed by atoms with E-state index >= 15 is 0 Å². The van der Waals surface area contributed by atoms with Crippen molar-refractivity contribution in [3.63, 3.8) is 0 Å². The second kappa shape index (κ2) is 5.92. The van der Waals surface area contributed by atoms with Gasteiger partial charge in [-0.15, -0.1) is 10.2 Å². The molecule has 1 aromatic carbocycles. The predicted molar refractivity (Wildman–Crippen MR) is 69.8 cm³/mol. The van der Waals surface area contributed by atoms with Gasteiger partial charge in [-0.3, -0.25) is 4.79 Å². The van der Waals surface area contributed by atoms with Crippen molar-refractivity contribution in [2.24, 2.45) is 5.73 Å². The van der Waals surface area contributed by atoms with Crippen LogP contribution < -0.4 is 15.8 Å². The summed E-state index contributed by atoms with van der Waals surface area (Å²) in [7, 11) is 1.54. The molecule has 0 saturated heterocycles. The summed E-state index contributed by atoms with van der Waals surface area (Å²) in [6, 6.07) is 10.5. The third-order valence-electron chi connectivity index (χ3n) is 2.48. The van der Waals surface area contributed by atoms with Gasteiger partial charge >= 0.3 is 0 Å². The van der Waals surface area contributed by atoms with Crippen LogP contribution >= 0.6 is 0 Å². The fourth-order valence-electron chi connectivity index (χ4n) is 1.44. The number of nitrogens with zero attached hydrogens (tertiary/aromatic N) is 2. The van der Waals surface area contributed by atoms with E-state index in [2.05, 4.69) is 15.5 Å². The zero-order valence-electron chi connectivity index (χ0n) is 10.5. The first kappa shape index (κ1) is 13.0. The number of ether oxygens (including phenoxy) is 1. The Kier molecular flexibility index (Phi) is 4.04. The van der Waals surface area contributed by atoms with Gasteiger partial charge in [0.15, 0.2) is 5.69 Å². The normalized spacial score (nSPS) is 10.0. The highest BCUT2D eigenvalue weighted by atomic mass is 16.5. The van der Waals surface area contributed by atoms with Crippen LogP contribution in [-0.2, 0) is 6.54 Å². The summed E-state index contributed by atoms with van der Waals surface area (Å²) in [5.74, 6) is 0.679. The lowest BCUT2D eigenvalue weighted by atomic mass is 10.2. The monoisotopic (exact) mass is 258 g/mol. The number of nitrogens with two attached hydrogens (primary N) is 1. The summed E-state index contributed by atoms with van der Waals surface area (Å²) in [6.07, 6.45) is 0. The second-order valence-corrected chi connectivity index (χ2v) is 3.79. The zero-order valence-corrected chi connectivity index (χ0v) is 10.5. The van der Waals surface area contributed by atoms with Gasteiger partial charge in [-0.1, -0.05) is 12.1 Å². The quantitative estimate of drug-likeness (QED) is 0.856. The number of benzene rings is 1. The Morgan fingerprint density at radius 1 is 1.21 bits per heavy atom. The molecule has 0 radical (unpaired) electrons. The highest BCUT2D eigenvalue weighted by Gasteiger charge is 2.06. The predicted octanol–water partition coefficient (Wildman–Crippen LogP) is 1.09. The van der Waals surface area contributed by atoms with Crippen molar-refractivity contribution in [3.05, 3.63) is 47.7 Å². The van der Waals surface area contributed by atoms with Gasteiger partial charge in [0.2, 0.25) is 5.88 Å². The van der Waals surface area contributed by atoms with Gasteiger partial charge in [0.25, 0.3) is 5.91 Å². The number of carbonyl (C=O) groups excluding carboxylic acids is 1. The smallest absolute Gasteiger partial charge is 0.271 e. The standard InChI is InChI=1S/C13H14N4O2/c1-15-13(18)11-6-7-12(17-16-11)19-10-4-2-9(8-14)3-5-10/h2-7H,8,14H2,1H3,(H,15,18). The first-order chi connectivity index (χ1) is 9.22. The number of hydrogen-bond donors (Lipinski definition) is 2. The van der Waals surface area contributed by atoms with Crippen molar-refractivity contribution in [3.8, 4) is 11.6 Å². The molecular weight excluding hydrogens is 244 g/mol. The van der Waals surface area contributed by atoms with E-state index in [1.807, 2.05) is 12.1 Å². The zero-order chi connectivity index (χ0) is 13.7. The molecule has 0 aliphatic carbocycles. The number of carbonyl (C=O) groups is 1. The average Bonchev–Trinajstić information content (AvgIpc) is 2.48. The van der Waals surface area contributed by atoms with Crippen molar-refractivity contribution in [1.29, 1.82) is 0 Å². The highest BCUT2D eigenvalue weighted by molar-refractivity contribution is 5.91. The summed E-state index contributed by atoms with van der Waals surface area (Å²) in [6.45, 7) is 0.487. The fraction of sp³-hybridized carbons (Fsp3) is 0.154. The molecule has 6 heteroatoms. The summed E-state index contributed by atoms with van der Waals surface area (Å²) in [5.41, 5.74) is 6.78. The number of hydrogen-bond acceptors (Lipinski definition) is 5. The topological polar surface area (TPSA) is 90.1 Å². The van der Waals surface area contributed by atoms with Crippen LogP contribution in [0.2, 0.25) is 0 Å². The van der Waals surface area contributed by atoms with Gasteiger partial charge in [0, 0.05) is 19.7 Å². The molecule has 0 fully saturated rings. The minimum absolute atomic E-state index is 0.244. The number of amides is 1. The van der Waals surface area contributed by atoms with E-state index in [-0.39, 0.29) is 11.6 Å². The maximum absolute atomic E-state index is 11.3. The van der Waals surface area contributed by atoms with Gasteiger partial charge in [-0.25, -0.2) is 0 Å². The van der Waals surface area contributed by atoms with Crippen molar-refractivity contribution in [2.75, 3.05) is 7.05 Å². The van der Waals surface area contributed by atoms with Crippen LogP contribution in [0.3, 0.4) is 0 Å². The molecule has 0 saturated carbocycles. The molecule has 19 heavy (non-hydrogen) atoms. The van der Waals surface area contributed by atoms with Gasteiger partial charge in [0.1, 0.15) is 5.75 Å². The summed E-state index contributed by atoms with van der Waals surface area (Å²) >= 11 is 0. The lowest BCUT2D eigenvalue weighted by Gasteiger charge is -2.05. The average molecular weight is 258 g/mol. The molecule has 1 aromatic heterocycles.